The Balaban J connectivity index is 1.83. The molecular formula is C17H16ClNO2. The molecule has 1 atom stereocenters. The molecule has 3 rings (SSSR count). The summed E-state index contributed by atoms with van der Waals surface area (Å²) in [6, 6.07) is 13.1. The van der Waals surface area contributed by atoms with Crippen molar-refractivity contribution in [1.82, 2.24) is 0 Å². The van der Waals surface area contributed by atoms with E-state index in [0.29, 0.717) is 29.3 Å². The highest BCUT2D eigenvalue weighted by Crippen LogP contribution is 2.31. The van der Waals surface area contributed by atoms with Gasteiger partial charge >= 0.3 is 0 Å². The van der Waals surface area contributed by atoms with Crippen molar-refractivity contribution < 1.29 is 9.53 Å². The number of benzene rings is 2. The Bertz CT molecular complexity index is 684. The number of ether oxygens (including phenoxy) is 1. The molecule has 1 aliphatic rings. The highest BCUT2D eigenvalue weighted by Gasteiger charge is 2.24. The molecule has 1 heterocycles. The molecule has 3 nitrogen and oxygen atoms in total. The molecule has 0 aromatic heterocycles. The summed E-state index contributed by atoms with van der Waals surface area (Å²) in [5.41, 5.74) is 9.15. The highest BCUT2D eigenvalue weighted by atomic mass is 35.5. The van der Waals surface area contributed by atoms with Gasteiger partial charge in [-0.3, -0.25) is 4.79 Å². The van der Waals surface area contributed by atoms with Crippen molar-refractivity contribution in [3.63, 3.8) is 0 Å². The number of hydrogen-bond acceptors (Lipinski definition) is 3. The zero-order chi connectivity index (χ0) is 14.8. The van der Waals surface area contributed by atoms with Gasteiger partial charge in [0.1, 0.15) is 0 Å². The van der Waals surface area contributed by atoms with E-state index in [0.717, 1.165) is 12.0 Å². The number of carbonyl (C=O) groups is 1. The van der Waals surface area contributed by atoms with Crippen molar-refractivity contribution in [2.75, 3.05) is 12.3 Å². The lowest BCUT2D eigenvalue weighted by Crippen LogP contribution is -2.19. The van der Waals surface area contributed by atoms with Gasteiger partial charge in [-0.05, 0) is 35.7 Å². The number of halogens is 1. The molecule has 4 heteroatoms. The van der Waals surface area contributed by atoms with Crippen LogP contribution in [0.15, 0.2) is 42.5 Å². The average Bonchev–Trinajstić information content (AvgIpc) is 2.47. The largest absolute Gasteiger partial charge is 0.398 e. The monoisotopic (exact) mass is 301 g/mol. The molecule has 21 heavy (non-hydrogen) atoms. The minimum Gasteiger partial charge on any atom is -0.398 e. The second-order valence-electron chi connectivity index (χ2n) is 5.17. The highest BCUT2D eigenvalue weighted by molar-refractivity contribution is 6.31. The summed E-state index contributed by atoms with van der Waals surface area (Å²) in [5.74, 6) is -0.0223. The molecular weight excluding hydrogens is 286 g/mol. The number of ketones is 1. The van der Waals surface area contributed by atoms with Gasteiger partial charge in [0.15, 0.2) is 5.78 Å². The van der Waals surface area contributed by atoms with E-state index < -0.39 is 0 Å². The molecule has 1 unspecified atom stereocenters. The summed E-state index contributed by atoms with van der Waals surface area (Å²) >= 11 is 5.86. The molecule has 0 fully saturated rings. The van der Waals surface area contributed by atoms with E-state index in [2.05, 4.69) is 6.07 Å². The zero-order valence-electron chi connectivity index (χ0n) is 11.5. The summed E-state index contributed by atoms with van der Waals surface area (Å²) in [4.78, 5) is 12.5. The van der Waals surface area contributed by atoms with Gasteiger partial charge in [0.05, 0.1) is 12.7 Å². The number of carbonyl (C=O) groups excluding carboxylic acids is 1. The van der Waals surface area contributed by atoms with Crippen LogP contribution in [-0.4, -0.2) is 12.4 Å². The lowest BCUT2D eigenvalue weighted by molar-refractivity contribution is 0.0352. The minimum absolute atomic E-state index is 0.0223. The minimum atomic E-state index is -0.197. The SMILES string of the molecule is Nc1cc(Cl)ccc1C(=O)CC1OCCc2ccccc21. The Labute approximate surface area is 128 Å². The Morgan fingerprint density at radius 3 is 2.90 bits per heavy atom. The summed E-state index contributed by atoms with van der Waals surface area (Å²) in [7, 11) is 0. The Morgan fingerprint density at radius 2 is 2.10 bits per heavy atom. The molecule has 0 spiro atoms. The summed E-state index contributed by atoms with van der Waals surface area (Å²) < 4.78 is 5.77. The summed E-state index contributed by atoms with van der Waals surface area (Å²) in [5, 5.41) is 0.531. The van der Waals surface area contributed by atoms with Crippen molar-refractivity contribution in [2.24, 2.45) is 0 Å². The van der Waals surface area contributed by atoms with Gasteiger partial charge in [0.2, 0.25) is 0 Å². The lowest BCUT2D eigenvalue weighted by Gasteiger charge is -2.25. The molecule has 2 N–H and O–H groups in total. The van der Waals surface area contributed by atoms with E-state index in [4.69, 9.17) is 22.1 Å². The van der Waals surface area contributed by atoms with E-state index in [1.807, 2.05) is 18.2 Å². The maximum atomic E-state index is 12.5. The van der Waals surface area contributed by atoms with Crippen LogP contribution in [0.1, 0.15) is 34.0 Å². The van der Waals surface area contributed by atoms with E-state index >= 15 is 0 Å². The van der Waals surface area contributed by atoms with Crippen LogP contribution in [-0.2, 0) is 11.2 Å². The van der Waals surface area contributed by atoms with Crippen LogP contribution < -0.4 is 5.73 Å². The van der Waals surface area contributed by atoms with Gasteiger partial charge < -0.3 is 10.5 Å². The third-order valence-electron chi connectivity index (χ3n) is 3.78. The first kappa shape index (κ1) is 14.1. The van der Waals surface area contributed by atoms with Gasteiger partial charge in [-0.1, -0.05) is 35.9 Å². The van der Waals surface area contributed by atoms with Crippen molar-refractivity contribution in [3.05, 3.63) is 64.2 Å². The number of rotatable bonds is 3. The van der Waals surface area contributed by atoms with Crippen LogP contribution in [0.2, 0.25) is 5.02 Å². The third kappa shape index (κ3) is 2.94. The predicted molar refractivity (Wildman–Crippen MR) is 83.7 cm³/mol. The van der Waals surface area contributed by atoms with Crippen molar-refractivity contribution >= 4 is 23.1 Å². The number of anilines is 1. The number of nitrogens with two attached hydrogens (primary N) is 1. The van der Waals surface area contributed by atoms with Crippen molar-refractivity contribution in [2.45, 2.75) is 18.9 Å². The normalized spacial score (nSPS) is 17.3. The second kappa shape index (κ2) is 5.88. The van der Waals surface area contributed by atoms with E-state index in [1.54, 1.807) is 18.2 Å². The van der Waals surface area contributed by atoms with Gasteiger partial charge in [0.25, 0.3) is 0 Å². The Morgan fingerprint density at radius 1 is 1.29 bits per heavy atom. The topological polar surface area (TPSA) is 52.3 Å². The van der Waals surface area contributed by atoms with Crippen LogP contribution >= 0.6 is 11.6 Å². The summed E-state index contributed by atoms with van der Waals surface area (Å²) in [6.45, 7) is 0.644. The van der Waals surface area contributed by atoms with Gasteiger partial charge in [-0.2, -0.15) is 0 Å². The van der Waals surface area contributed by atoms with E-state index in [-0.39, 0.29) is 11.9 Å². The fraction of sp³-hybridized carbons (Fsp3) is 0.235. The molecule has 0 amide bonds. The maximum absolute atomic E-state index is 12.5. The molecule has 0 saturated heterocycles. The number of nitrogen functional groups attached to an aromatic ring is 1. The zero-order valence-corrected chi connectivity index (χ0v) is 12.3. The van der Waals surface area contributed by atoms with Crippen molar-refractivity contribution in [1.29, 1.82) is 0 Å². The Hall–Kier alpha value is -1.84. The van der Waals surface area contributed by atoms with Crippen LogP contribution in [0.3, 0.4) is 0 Å². The lowest BCUT2D eigenvalue weighted by atomic mass is 9.93. The molecule has 0 aliphatic carbocycles. The predicted octanol–water partition coefficient (Wildman–Crippen LogP) is 3.81. The van der Waals surface area contributed by atoms with Crippen LogP contribution in [0.5, 0.6) is 0 Å². The first-order chi connectivity index (χ1) is 10.1. The molecule has 0 saturated carbocycles. The molecule has 108 valence electrons. The fourth-order valence-electron chi connectivity index (χ4n) is 2.71. The molecule has 0 radical (unpaired) electrons. The second-order valence-corrected chi connectivity index (χ2v) is 5.60. The first-order valence-electron chi connectivity index (χ1n) is 6.93. The fourth-order valence-corrected chi connectivity index (χ4v) is 2.89. The van der Waals surface area contributed by atoms with Gasteiger partial charge in [-0.25, -0.2) is 0 Å². The maximum Gasteiger partial charge on any atom is 0.167 e. The molecule has 2 aromatic carbocycles. The number of fused-ring (bicyclic) bond motifs is 1. The first-order valence-corrected chi connectivity index (χ1v) is 7.30. The van der Waals surface area contributed by atoms with Gasteiger partial charge in [0, 0.05) is 22.7 Å². The number of hydrogen-bond donors (Lipinski definition) is 1. The average molecular weight is 302 g/mol. The summed E-state index contributed by atoms with van der Waals surface area (Å²) in [6.07, 6.45) is 0.991. The van der Waals surface area contributed by atoms with E-state index in [1.165, 1.54) is 5.56 Å². The van der Waals surface area contributed by atoms with Crippen LogP contribution in [0.25, 0.3) is 0 Å². The molecule has 2 aromatic rings. The third-order valence-corrected chi connectivity index (χ3v) is 4.01. The van der Waals surface area contributed by atoms with Gasteiger partial charge in [-0.15, -0.1) is 0 Å². The van der Waals surface area contributed by atoms with E-state index in [9.17, 15) is 4.79 Å². The van der Waals surface area contributed by atoms with Crippen LogP contribution in [0, 0.1) is 0 Å². The molecule has 1 aliphatic heterocycles. The number of Topliss-reactive ketones (excluding diaryl/α,β-unsaturated/α-hetero) is 1. The quantitative estimate of drug-likeness (QED) is 0.693. The Kier molecular flexibility index (Phi) is 3.95. The molecule has 0 bridgehead atoms. The van der Waals surface area contributed by atoms with Crippen molar-refractivity contribution in [3.8, 4) is 0 Å². The smallest absolute Gasteiger partial charge is 0.167 e. The standard InChI is InChI=1S/C17H16ClNO2/c18-12-5-6-14(15(19)9-12)16(20)10-17-13-4-2-1-3-11(13)7-8-21-17/h1-6,9,17H,7-8,10,19H2. The van der Waals surface area contributed by atoms with Crippen LogP contribution in [0.4, 0.5) is 5.69 Å².